The number of halogens is 1. The van der Waals surface area contributed by atoms with Gasteiger partial charge in [0.2, 0.25) is 23.6 Å². The topological polar surface area (TPSA) is 247 Å². The molecule has 15 nitrogen and oxygen atoms in total. The number of phenolic OH excluding ortho intramolecular Hbond substituents is 2. The molecule has 4 aromatic rings. The fraction of sp³-hybridized carbons (Fsp3) is 0.302. The number of aliphatic hydroxyl groups excluding tert-OH is 1. The molecule has 1 aliphatic heterocycles. The maximum atomic E-state index is 14.5. The Kier molecular flexibility index (Phi) is 14.6. The minimum atomic E-state index is -1.45. The first-order chi connectivity index (χ1) is 28.2. The summed E-state index contributed by atoms with van der Waals surface area (Å²) in [5, 5.41) is 51.9. The average molecular weight is 824 g/mol. The Labute approximate surface area is 346 Å². The van der Waals surface area contributed by atoms with Crippen molar-refractivity contribution in [3.63, 3.8) is 0 Å². The van der Waals surface area contributed by atoms with Crippen molar-refractivity contribution in [1.29, 1.82) is 5.26 Å². The molecule has 0 unspecified atom stereocenters. The van der Waals surface area contributed by atoms with Crippen LogP contribution in [0.15, 0.2) is 84.9 Å². The highest BCUT2D eigenvalue weighted by atomic mass is 35.5. The van der Waals surface area contributed by atoms with Gasteiger partial charge in [-0.05, 0) is 104 Å². The number of nitrogens with one attached hydrogen (secondary N) is 4. The van der Waals surface area contributed by atoms with Crippen LogP contribution in [0.5, 0.6) is 11.5 Å². The van der Waals surface area contributed by atoms with Crippen molar-refractivity contribution >= 4 is 41.1 Å². The van der Waals surface area contributed by atoms with Gasteiger partial charge < -0.3 is 47.2 Å². The summed E-state index contributed by atoms with van der Waals surface area (Å²) >= 11 is 6.03. The second-order valence-electron chi connectivity index (χ2n) is 14.2. The Hall–Kier alpha value is -6.47. The molecule has 5 amide bonds. The molecule has 4 bridgehead atoms. The van der Waals surface area contributed by atoms with Crippen molar-refractivity contribution in [2.75, 3.05) is 20.2 Å². The van der Waals surface area contributed by atoms with Crippen LogP contribution in [0, 0.1) is 11.3 Å². The number of carbonyl (C=O) groups is 5. The molecule has 0 saturated carbocycles. The molecule has 5 rings (SSSR count). The number of likely N-dealkylation sites (N-methyl/N-ethyl adjacent to an activating group) is 1. The van der Waals surface area contributed by atoms with E-state index >= 15 is 0 Å². The lowest BCUT2D eigenvalue weighted by Crippen LogP contribution is -2.56. The maximum Gasteiger partial charge on any atom is 0.251 e. The molecular weight excluding hydrogens is 778 g/mol. The number of hydrogen-bond donors (Lipinski definition) is 8. The monoisotopic (exact) mass is 823 g/mol. The number of rotatable bonds is 12. The highest BCUT2D eigenvalue weighted by Gasteiger charge is 2.36. The van der Waals surface area contributed by atoms with Gasteiger partial charge in [0.25, 0.3) is 5.91 Å². The number of aromatic hydroxyl groups is 2. The maximum absolute atomic E-state index is 14.5. The molecule has 0 fully saturated rings. The van der Waals surface area contributed by atoms with Gasteiger partial charge in [-0.3, -0.25) is 24.0 Å². The van der Waals surface area contributed by atoms with Crippen LogP contribution in [-0.2, 0) is 25.6 Å². The number of hydrogen-bond acceptors (Lipinski definition) is 10. The van der Waals surface area contributed by atoms with Crippen LogP contribution in [0.1, 0.15) is 53.7 Å². The van der Waals surface area contributed by atoms with E-state index in [2.05, 4.69) is 21.3 Å². The number of fused-ring (bicyclic) bond motifs is 5. The van der Waals surface area contributed by atoms with Gasteiger partial charge in [0, 0.05) is 35.2 Å². The minimum absolute atomic E-state index is 0.0929. The van der Waals surface area contributed by atoms with Gasteiger partial charge in [0.1, 0.15) is 41.7 Å². The molecule has 0 aromatic heterocycles. The largest absolute Gasteiger partial charge is 0.507 e. The normalized spacial score (nSPS) is 17.5. The molecule has 4 aromatic carbocycles. The van der Waals surface area contributed by atoms with Gasteiger partial charge in [-0.25, -0.2) is 0 Å². The lowest BCUT2D eigenvalue weighted by molar-refractivity contribution is -0.141. The second-order valence-corrected chi connectivity index (χ2v) is 14.7. The van der Waals surface area contributed by atoms with Crippen LogP contribution >= 0.6 is 11.6 Å². The number of nitriles is 1. The standard InChI is InChI=1S/C43H46ClN7O8/c1-24-39(55)50-35(41(57)48-31(22-46)23-52)20-25-6-16-36(53)32(19-25)33-21-29(13-17-37(33)54)38(42(58)47-24)51(2)43(59)34(5-3-4-18-45)49-40(56)28-9-7-26(8-10-28)27-11-14-30(44)15-12-27/h6-17,19,21,24,31,34-35,38,52-54H,3-5,18,20,23,45H2,1-2H3,(H,47,58)(H,48,57)(H,49,56)(H,50,55)/t24-,31+,34-,35-,38-/m0/s1. The Bertz CT molecular complexity index is 2230. The van der Waals surface area contributed by atoms with Gasteiger partial charge in [-0.15, -0.1) is 0 Å². The van der Waals surface area contributed by atoms with E-state index in [0.29, 0.717) is 30.0 Å². The molecule has 9 N–H and O–H groups in total. The summed E-state index contributed by atoms with van der Waals surface area (Å²) in [7, 11) is 1.38. The number of unbranched alkanes of at least 4 members (excludes halogenated alkanes) is 1. The molecular formula is C43H46ClN7O8. The third-order valence-electron chi connectivity index (χ3n) is 10.0. The molecule has 5 atom stereocenters. The Morgan fingerprint density at radius 3 is 2.15 bits per heavy atom. The van der Waals surface area contributed by atoms with Crippen molar-refractivity contribution in [2.24, 2.45) is 5.73 Å². The number of nitrogens with two attached hydrogens (primary N) is 1. The Balaban J connectivity index is 1.50. The molecule has 0 spiro atoms. The quantitative estimate of drug-likeness (QED) is 0.0971. The average Bonchev–Trinajstić information content (AvgIpc) is 3.23. The molecule has 0 saturated heterocycles. The summed E-state index contributed by atoms with van der Waals surface area (Å²) in [6, 6.07) is 17.9. The first-order valence-electron chi connectivity index (χ1n) is 18.9. The van der Waals surface area contributed by atoms with E-state index in [4.69, 9.17) is 17.3 Å². The van der Waals surface area contributed by atoms with Crippen LogP contribution in [0.4, 0.5) is 0 Å². The van der Waals surface area contributed by atoms with Gasteiger partial charge >= 0.3 is 0 Å². The molecule has 1 heterocycles. The Morgan fingerprint density at radius 2 is 1.53 bits per heavy atom. The van der Waals surface area contributed by atoms with E-state index in [1.165, 1.54) is 50.4 Å². The summed E-state index contributed by atoms with van der Waals surface area (Å²) in [5.41, 5.74) is 8.63. The lowest BCUT2D eigenvalue weighted by atomic mass is 9.93. The van der Waals surface area contributed by atoms with Crippen LogP contribution in [-0.4, -0.2) is 94.1 Å². The number of carbonyl (C=O) groups excluding carboxylic acids is 5. The molecule has 0 aliphatic carbocycles. The van der Waals surface area contributed by atoms with E-state index in [0.717, 1.165) is 16.0 Å². The van der Waals surface area contributed by atoms with Gasteiger partial charge in [-0.2, -0.15) is 5.26 Å². The van der Waals surface area contributed by atoms with Crippen molar-refractivity contribution in [3.8, 4) is 39.8 Å². The summed E-state index contributed by atoms with van der Waals surface area (Å²) in [4.78, 5) is 70.5. The molecule has 59 heavy (non-hydrogen) atoms. The predicted octanol–water partition coefficient (Wildman–Crippen LogP) is 3.06. The smallest absolute Gasteiger partial charge is 0.251 e. The number of nitrogens with zero attached hydrogens (tertiary/aromatic N) is 2. The van der Waals surface area contributed by atoms with Crippen molar-refractivity contribution in [2.45, 2.75) is 62.8 Å². The van der Waals surface area contributed by atoms with E-state index in [1.54, 1.807) is 42.5 Å². The highest BCUT2D eigenvalue weighted by Crippen LogP contribution is 2.39. The predicted molar refractivity (Wildman–Crippen MR) is 220 cm³/mol. The fourth-order valence-corrected chi connectivity index (χ4v) is 6.85. The summed E-state index contributed by atoms with van der Waals surface area (Å²) in [6.45, 7) is 1.04. The second kappa shape index (κ2) is 19.8. The Morgan fingerprint density at radius 1 is 0.898 bits per heavy atom. The number of aliphatic hydroxyl groups is 1. The van der Waals surface area contributed by atoms with Crippen LogP contribution < -0.4 is 27.0 Å². The van der Waals surface area contributed by atoms with E-state index < -0.39 is 66.4 Å². The molecule has 0 radical (unpaired) electrons. The van der Waals surface area contributed by atoms with E-state index in [9.17, 15) is 44.6 Å². The van der Waals surface area contributed by atoms with Gasteiger partial charge in [0.15, 0.2) is 0 Å². The SMILES string of the molecule is C[C@@H]1NC(=O)[C@@H](N(C)C(=O)[C@H](CCCCN)NC(=O)c2ccc(-c3ccc(Cl)cc3)cc2)c2ccc(O)c(c2)-c2cc(ccc2O)C[C@@H](C(=O)N[C@H](C#N)CO)NC1=O. The first-order valence-corrected chi connectivity index (χ1v) is 19.3. The summed E-state index contributed by atoms with van der Waals surface area (Å²) < 4.78 is 0. The zero-order valence-corrected chi connectivity index (χ0v) is 33.2. The number of amides is 5. The number of phenols is 2. The van der Waals surface area contributed by atoms with Crippen LogP contribution in [0.2, 0.25) is 5.02 Å². The van der Waals surface area contributed by atoms with Gasteiger partial charge in [-0.1, -0.05) is 48.0 Å². The van der Waals surface area contributed by atoms with E-state index in [1.807, 2.05) is 12.1 Å². The zero-order valence-electron chi connectivity index (χ0n) is 32.4. The van der Waals surface area contributed by atoms with E-state index in [-0.39, 0.29) is 46.6 Å². The zero-order chi connectivity index (χ0) is 42.8. The third-order valence-corrected chi connectivity index (χ3v) is 10.3. The summed E-state index contributed by atoms with van der Waals surface area (Å²) in [6.07, 6.45) is 1.05. The molecule has 16 heteroatoms. The lowest BCUT2D eigenvalue weighted by Gasteiger charge is -2.32. The minimum Gasteiger partial charge on any atom is -0.507 e. The first kappa shape index (κ1) is 43.6. The van der Waals surface area contributed by atoms with Crippen molar-refractivity contribution < 1.29 is 39.3 Å². The molecule has 1 aliphatic rings. The van der Waals surface area contributed by atoms with Gasteiger partial charge in [0.05, 0.1) is 12.7 Å². The third kappa shape index (κ3) is 10.7. The highest BCUT2D eigenvalue weighted by molar-refractivity contribution is 6.30. The molecule has 308 valence electrons. The number of benzene rings is 4. The fourth-order valence-electron chi connectivity index (χ4n) is 6.73. The summed E-state index contributed by atoms with van der Waals surface area (Å²) in [5.74, 6) is -4.09. The van der Waals surface area contributed by atoms with Crippen molar-refractivity contribution in [1.82, 2.24) is 26.2 Å². The van der Waals surface area contributed by atoms with Crippen molar-refractivity contribution in [3.05, 3.63) is 107 Å². The van der Waals surface area contributed by atoms with Crippen LogP contribution in [0.25, 0.3) is 22.3 Å². The van der Waals surface area contributed by atoms with Crippen LogP contribution in [0.3, 0.4) is 0 Å².